The summed E-state index contributed by atoms with van der Waals surface area (Å²) in [6.45, 7) is 3.51. The summed E-state index contributed by atoms with van der Waals surface area (Å²) in [6.07, 6.45) is 2.63. The molecule has 0 spiro atoms. The molecule has 3 nitrogen and oxygen atoms in total. The van der Waals surface area contributed by atoms with E-state index in [-0.39, 0.29) is 0 Å². The van der Waals surface area contributed by atoms with E-state index in [0.717, 1.165) is 12.7 Å². The highest BCUT2D eigenvalue weighted by Crippen LogP contribution is 2.12. The highest BCUT2D eigenvalue weighted by molar-refractivity contribution is 4.75. The lowest BCUT2D eigenvalue weighted by Gasteiger charge is -2.34. The van der Waals surface area contributed by atoms with Crippen molar-refractivity contribution in [3.05, 3.63) is 0 Å². The molecule has 0 aromatic heterocycles. The van der Waals surface area contributed by atoms with Crippen molar-refractivity contribution in [3.63, 3.8) is 0 Å². The van der Waals surface area contributed by atoms with Crippen LogP contribution in [0.2, 0.25) is 0 Å². The van der Waals surface area contributed by atoms with Gasteiger partial charge >= 0.3 is 0 Å². The molecule has 0 aromatic carbocycles. The van der Waals surface area contributed by atoms with Crippen molar-refractivity contribution in [1.82, 2.24) is 15.1 Å². The molecular formula is C9H21N3. The number of nitrogens with zero attached hydrogens (tertiary/aromatic N) is 2. The largest absolute Gasteiger partial charge is 0.307 e. The Kier molecular flexibility index (Phi) is 3.98. The lowest BCUT2D eigenvalue weighted by Crippen LogP contribution is -2.44. The van der Waals surface area contributed by atoms with Gasteiger partial charge in [-0.15, -0.1) is 0 Å². The molecule has 3 heteroatoms. The van der Waals surface area contributed by atoms with Crippen molar-refractivity contribution < 1.29 is 0 Å². The molecule has 1 aliphatic rings. The summed E-state index contributed by atoms with van der Waals surface area (Å²) in [5.74, 6) is 0. The zero-order chi connectivity index (χ0) is 8.97. The number of likely N-dealkylation sites (tertiary alicyclic amines) is 1. The van der Waals surface area contributed by atoms with Crippen molar-refractivity contribution in [3.8, 4) is 0 Å². The number of hydrogen-bond acceptors (Lipinski definition) is 3. The maximum absolute atomic E-state index is 3.19. The van der Waals surface area contributed by atoms with E-state index in [4.69, 9.17) is 0 Å². The Bertz CT molecular complexity index is 119. The van der Waals surface area contributed by atoms with Crippen LogP contribution in [0.25, 0.3) is 0 Å². The van der Waals surface area contributed by atoms with Gasteiger partial charge in [-0.3, -0.25) is 4.90 Å². The monoisotopic (exact) mass is 171 g/mol. The molecule has 12 heavy (non-hydrogen) atoms. The van der Waals surface area contributed by atoms with Gasteiger partial charge in [-0.05, 0) is 47.1 Å². The standard InChI is InChI=1S/C9H21N3/c1-10-8-12(3)9-4-6-11(2)7-5-9/h9-10H,4-8H2,1-3H3. The van der Waals surface area contributed by atoms with Crippen LogP contribution in [-0.4, -0.2) is 56.7 Å². The molecule has 0 radical (unpaired) electrons. The van der Waals surface area contributed by atoms with Crippen LogP contribution in [0.5, 0.6) is 0 Å². The van der Waals surface area contributed by atoms with E-state index in [9.17, 15) is 0 Å². The Labute approximate surface area is 75.7 Å². The molecule has 0 bridgehead atoms. The summed E-state index contributed by atoms with van der Waals surface area (Å²) < 4.78 is 0. The van der Waals surface area contributed by atoms with Crippen LogP contribution in [0, 0.1) is 0 Å². The third kappa shape index (κ3) is 2.73. The van der Waals surface area contributed by atoms with Crippen molar-refractivity contribution in [2.24, 2.45) is 0 Å². The maximum atomic E-state index is 3.19. The van der Waals surface area contributed by atoms with Crippen LogP contribution in [0.15, 0.2) is 0 Å². The van der Waals surface area contributed by atoms with Crippen LogP contribution >= 0.6 is 0 Å². The molecule has 1 heterocycles. The highest BCUT2D eigenvalue weighted by atomic mass is 15.2. The van der Waals surface area contributed by atoms with E-state index >= 15 is 0 Å². The predicted molar refractivity (Wildman–Crippen MR) is 52.2 cm³/mol. The fourth-order valence-corrected chi connectivity index (χ4v) is 1.81. The SMILES string of the molecule is CNCN(C)C1CCN(C)CC1. The van der Waals surface area contributed by atoms with E-state index < -0.39 is 0 Å². The first-order valence-corrected chi connectivity index (χ1v) is 4.77. The highest BCUT2D eigenvalue weighted by Gasteiger charge is 2.19. The van der Waals surface area contributed by atoms with E-state index in [1.165, 1.54) is 25.9 Å². The second kappa shape index (κ2) is 4.80. The van der Waals surface area contributed by atoms with Gasteiger partial charge in [0, 0.05) is 12.7 Å². The molecule has 0 saturated carbocycles. The second-order valence-corrected chi connectivity index (χ2v) is 3.80. The van der Waals surface area contributed by atoms with Gasteiger partial charge in [0.25, 0.3) is 0 Å². The van der Waals surface area contributed by atoms with Crippen LogP contribution in [0.4, 0.5) is 0 Å². The summed E-state index contributed by atoms with van der Waals surface area (Å²) in [7, 11) is 6.41. The minimum Gasteiger partial charge on any atom is -0.307 e. The summed E-state index contributed by atoms with van der Waals surface area (Å²) >= 11 is 0. The molecule has 0 atom stereocenters. The Hall–Kier alpha value is -0.120. The lowest BCUT2D eigenvalue weighted by molar-refractivity contribution is 0.139. The molecule has 0 aromatic rings. The second-order valence-electron chi connectivity index (χ2n) is 3.80. The van der Waals surface area contributed by atoms with Crippen molar-refractivity contribution in [2.75, 3.05) is 40.9 Å². The first kappa shape index (κ1) is 9.96. The molecule has 1 aliphatic heterocycles. The topological polar surface area (TPSA) is 18.5 Å². The molecule has 1 fully saturated rings. The summed E-state index contributed by atoms with van der Waals surface area (Å²) in [5, 5.41) is 3.19. The van der Waals surface area contributed by atoms with Crippen LogP contribution in [0.1, 0.15) is 12.8 Å². The fraction of sp³-hybridized carbons (Fsp3) is 1.00. The molecule has 1 rings (SSSR count). The number of piperidine rings is 1. The Morgan fingerprint density at radius 2 is 2.00 bits per heavy atom. The lowest BCUT2D eigenvalue weighted by atomic mass is 10.0. The minimum absolute atomic E-state index is 0.786. The minimum atomic E-state index is 0.786. The quantitative estimate of drug-likeness (QED) is 0.612. The predicted octanol–water partition coefficient (Wildman–Crippen LogP) is 0.189. The summed E-state index contributed by atoms with van der Waals surface area (Å²) in [6, 6.07) is 0.786. The molecule has 72 valence electrons. The first-order chi connectivity index (χ1) is 5.74. The first-order valence-electron chi connectivity index (χ1n) is 4.77. The summed E-state index contributed by atoms with van der Waals surface area (Å²) in [4.78, 5) is 4.82. The van der Waals surface area contributed by atoms with Gasteiger partial charge in [-0.2, -0.15) is 0 Å². The average Bonchev–Trinajstić information content (AvgIpc) is 2.06. The van der Waals surface area contributed by atoms with Gasteiger partial charge < -0.3 is 10.2 Å². The van der Waals surface area contributed by atoms with Crippen LogP contribution in [0.3, 0.4) is 0 Å². The zero-order valence-electron chi connectivity index (χ0n) is 8.51. The normalized spacial score (nSPS) is 22.0. The third-order valence-electron chi connectivity index (χ3n) is 2.72. The number of nitrogens with one attached hydrogen (secondary N) is 1. The summed E-state index contributed by atoms with van der Waals surface area (Å²) in [5.41, 5.74) is 0. The Morgan fingerprint density at radius 3 is 2.50 bits per heavy atom. The molecule has 1 N–H and O–H groups in total. The molecule has 0 aliphatic carbocycles. The van der Waals surface area contributed by atoms with E-state index in [2.05, 4.69) is 29.2 Å². The fourth-order valence-electron chi connectivity index (χ4n) is 1.81. The molecule has 0 amide bonds. The molecule has 1 saturated heterocycles. The molecular weight excluding hydrogens is 150 g/mol. The van der Waals surface area contributed by atoms with Crippen LogP contribution in [-0.2, 0) is 0 Å². The van der Waals surface area contributed by atoms with Gasteiger partial charge in [0.1, 0.15) is 0 Å². The van der Waals surface area contributed by atoms with Crippen molar-refractivity contribution in [1.29, 1.82) is 0 Å². The third-order valence-corrected chi connectivity index (χ3v) is 2.72. The van der Waals surface area contributed by atoms with Gasteiger partial charge in [-0.25, -0.2) is 0 Å². The van der Waals surface area contributed by atoms with Gasteiger partial charge in [-0.1, -0.05) is 0 Å². The Morgan fingerprint density at radius 1 is 1.42 bits per heavy atom. The smallest absolute Gasteiger partial charge is 0.0477 e. The molecule has 0 unspecified atom stereocenters. The van der Waals surface area contributed by atoms with Crippen molar-refractivity contribution >= 4 is 0 Å². The van der Waals surface area contributed by atoms with Gasteiger partial charge in [0.15, 0.2) is 0 Å². The van der Waals surface area contributed by atoms with Gasteiger partial charge in [0.05, 0.1) is 0 Å². The number of hydrogen-bond donors (Lipinski definition) is 1. The average molecular weight is 171 g/mol. The number of rotatable bonds is 3. The maximum Gasteiger partial charge on any atom is 0.0477 e. The van der Waals surface area contributed by atoms with E-state index in [1.807, 2.05) is 7.05 Å². The van der Waals surface area contributed by atoms with Gasteiger partial charge in [0.2, 0.25) is 0 Å². The van der Waals surface area contributed by atoms with Crippen LogP contribution < -0.4 is 5.32 Å². The van der Waals surface area contributed by atoms with Crippen molar-refractivity contribution in [2.45, 2.75) is 18.9 Å². The van der Waals surface area contributed by atoms with E-state index in [1.54, 1.807) is 0 Å². The van der Waals surface area contributed by atoms with E-state index in [0.29, 0.717) is 0 Å². The zero-order valence-corrected chi connectivity index (χ0v) is 8.51. The Balaban J connectivity index is 2.24.